The van der Waals surface area contributed by atoms with Crippen LogP contribution in [-0.4, -0.2) is 63.2 Å². The van der Waals surface area contributed by atoms with Gasteiger partial charge < -0.3 is 19.7 Å². The Labute approximate surface area is 151 Å². The summed E-state index contributed by atoms with van der Waals surface area (Å²) in [6.07, 6.45) is 4.47. The molecule has 25 heavy (non-hydrogen) atoms. The summed E-state index contributed by atoms with van der Waals surface area (Å²) < 4.78 is 9.78. The second-order valence-electron chi connectivity index (χ2n) is 6.46. The van der Waals surface area contributed by atoms with Gasteiger partial charge in [0.25, 0.3) is 0 Å². The van der Waals surface area contributed by atoms with Gasteiger partial charge in [0, 0.05) is 33.1 Å². The highest BCUT2D eigenvalue weighted by atomic mass is 16.5. The van der Waals surface area contributed by atoms with Crippen LogP contribution in [-0.2, 0) is 19.1 Å². The molecular formula is C18H33N3O4. The molecule has 0 bridgehead atoms. The third kappa shape index (κ3) is 7.32. The summed E-state index contributed by atoms with van der Waals surface area (Å²) in [6, 6.07) is 0. The zero-order valence-corrected chi connectivity index (χ0v) is 16.0. The predicted molar refractivity (Wildman–Crippen MR) is 97.3 cm³/mol. The minimum absolute atomic E-state index is 0.0913. The zero-order valence-electron chi connectivity index (χ0n) is 16.0. The van der Waals surface area contributed by atoms with Gasteiger partial charge in [-0.3, -0.25) is 14.6 Å². The van der Waals surface area contributed by atoms with E-state index in [9.17, 15) is 9.59 Å². The molecule has 1 heterocycles. The standard InChI is InChI=1S/C18H33N3O4/c1-5-25-16(22)10-8-6-7-9-11-20-18(19-3)21-12-14(2)15(13-21)17(23)24-4/h14-15H,5-13H2,1-4H3,(H,19,20). The fourth-order valence-corrected chi connectivity index (χ4v) is 3.11. The van der Waals surface area contributed by atoms with Gasteiger partial charge in [-0.25, -0.2) is 0 Å². The van der Waals surface area contributed by atoms with E-state index in [4.69, 9.17) is 9.47 Å². The van der Waals surface area contributed by atoms with Gasteiger partial charge in [-0.05, 0) is 25.7 Å². The number of nitrogens with one attached hydrogen (secondary N) is 1. The number of unbranched alkanes of at least 4 members (excludes halogenated alkanes) is 3. The highest BCUT2D eigenvalue weighted by molar-refractivity contribution is 5.82. The van der Waals surface area contributed by atoms with Crippen molar-refractivity contribution in [3.63, 3.8) is 0 Å². The third-order valence-electron chi connectivity index (χ3n) is 4.52. The molecule has 0 aromatic heterocycles. The Balaban J connectivity index is 2.21. The molecule has 7 heteroatoms. The Morgan fingerprint density at radius 3 is 2.56 bits per heavy atom. The first-order valence-corrected chi connectivity index (χ1v) is 9.22. The van der Waals surface area contributed by atoms with Crippen LogP contribution in [0, 0.1) is 11.8 Å². The largest absolute Gasteiger partial charge is 0.469 e. The fourth-order valence-electron chi connectivity index (χ4n) is 3.11. The minimum atomic E-state index is -0.146. The SMILES string of the molecule is CCOC(=O)CCCCCCNC(=NC)N1CC(C)C(C(=O)OC)C1. The normalized spacial score (nSPS) is 20.5. The predicted octanol–water partition coefficient (Wildman–Crippen LogP) is 1.82. The van der Waals surface area contributed by atoms with Crippen molar-refractivity contribution in [3.05, 3.63) is 0 Å². The minimum Gasteiger partial charge on any atom is -0.469 e. The van der Waals surface area contributed by atoms with E-state index in [0.29, 0.717) is 19.6 Å². The summed E-state index contributed by atoms with van der Waals surface area (Å²) in [7, 11) is 3.20. The molecule has 1 N–H and O–H groups in total. The summed E-state index contributed by atoms with van der Waals surface area (Å²) in [6.45, 7) is 6.63. The first-order chi connectivity index (χ1) is 12.0. The maximum atomic E-state index is 11.8. The first-order valence-electron chi connectivity index (χ1n) is 9.22. The lowest BCUT2D eigenvalue weighted by molar-refractivity contribution is -0.146. The summed E-state index contributed by atoms with van der Waals surface area (Å²) in [4.78, 5) is 29.5. The van der Waals surface area contributed by atoms with Crippen LogP contribution in [0.5, 0.6) is 0 Å². The van der Waals surface area contributed by atoms with Gasteiger partial charge in [0.1, 0.15) is 0 Å². The number of methoxy groups -OCH3 is 1. The van der Waals surface area contributed by atoms with Crippen LogP contribution in [0.1, 0.15) is 46.0 Å². The van der Waals surface area contributed by atoms with E-state index in [-0.39, 0.29) is 23.8 Å². The van der Waals surface area contributed by atoms with E-state index in [0.717, 1.165) is 44.7 Å². The van der Waals surface area contributed by atoms with Crippen molar-refractivity contribution >= 4 is 17.9 Å². The summed E-state index contributed by atoms with van der Waals surface area (Å²) in [5.41, 5.74) is 0. The monoisotopic (exact) mass is 355 g/mol. The number of hydrogen-bond donors (Lipinski definition) is 1. The van der Waals surface area contributed by atoms with Crippen molar-refractivity contribution in [1.82, 2.24) is 10.2 Å². The van der Waals surface area contributed by atoms with Crippen LogP contribution in [0.2, 0.25) is 0 Å². The van der Waals surface area contributed by atoms with Gasteiger partial charge in [-0.2, -0.15) is 0 Å². The number of nitrogens with zero attached hydrogens (tertiary/aromatic N) is 2. The summed E-state index contributed by atoms with van der Waals surface area (Å²) in [5.74, 6) is 0.751. The fraction of sp³-hybridized carbons (Fsp3) is 0.833. The molecule has 0 spiro atoms. The number of carbonyl (C=O) groups is 2. The third-order valence-corrected chi connectivity index (χ3v) is 4.52. The number of aliphatic imine (C=N–C) groups is 1. The average Bonchev–Trinajstić information content (AvgIpc) is 2.98. The molecule has 0 saturated carbocycles. The van der Waals surface area contributed by atoms with Gasteiger partial charge in [0.05, 0.1) is 19.6 Å². The van der Waals surface area contributed by atoms with E-state index in [1.54, 1.807) is 7.05 Å². The lowest BCUT2D eigenvalue weighted by atomic mass is 9.99. The van der Waals surface area contributed by atoms with E-state index in [2.05, 4.69) is 22.1 Å². The van der Waals surface area contributed by atoms with Gasteiger partial charge in [-0.1, -0.05) is 19.8 Å². The second kappa shape index (κ2) is 11.7. The van der Waals surface area contributed by atoms with Crippen molar-refractivity contribution in [3.8, 4) is 0 Å². The van der Waals surface area contributed by atoms with Gasteiger partial charge in [0.15, 0.2) is 5.96 Å². The molecule has 1 aliphatic rings. The molecule has 7 nitrogen and oxygen atoms in total. The quantitative estimate of drug-likeness (QED) is 0.294. The molecular weight excluding hydrogens is 322 g/mol. The van der Waals surface area contributed by atoms with Gasteiger partial charge >= 0.3 is 11.9 Å². The maximum absolute atomic E-state index is 11.8. The van der Waals surface area contributed by atoms with Crippen LogP contribution < -0.4 is 5.32 Å². The number of rotatable bonds is 9. The Bertz CT molecular complexity index is 454. The average molecular weight is 355 g/mol. The molecule has 2 atom stereocenters. The van der Waals surface area contributed by atoms with Crippen molar-refractivity contribution in [2.24, 2.45) is 16.8 Å². The number of hydrogen-bond acceptors (Lipinski definition) is 5. The Morgan fingerprint density at radius 2 is 1.92 bits per heavy atom. The Morgan fingerprint density at radius 1 is 1.20 bits per heavy atom. The second-order valence-corrected chi connectivity index (χ2v) is 6.46. The van der Waals surface area contributed by atoms with E-state index >= 15 is 0 Å². The molecule has 0 radical (unpaired) electrons. The van der Waals surface area contributed by atoms with Gasteiger partial charge in [0.2, 0.25) is 0 Å². The number of guanidine groups is 1. The van der Waals surface area contributed by atoms with Crippen molar-refractivity contribution in [2.75, 3.05) is 40.4 Å². The molecule has 0 aromatic rings. The molecule has 1 fully saturated rings. The highest BCUT2D eigenvalue weighted by Gasteiger charge is 2.36. The molecule has 144 valence electrons. The molecule has 0 aliphatic carbocycles. The molecule has 1 rings (SSSR count). The molecule has 2 unspecified atom stereocenters. The van der Waals surface area contributed by atoms with E-state index in [1.165, 1.54) is 7.11 Å². The van der Waals surface area contributed by atoms with Gasteiger partial charge in [-0.15, -0.1) is 0 Å². The van der Waals surface area contributed by atoms with Crippen molar-refractivity contribution in [2.45, 2.75) is 46.0 Å². The maximum Gasteiger partial charge on any atom is 0.310 e. The topological polar surface area (TPSA) is 80.2 Å². The lowest BCUT2D eigenvalue weighted by Crippen LogP contribution is -2.41. The number of carbonyl (C=O) groups excluding carboxylic acids is 2. The Hall–Kier alpha value is -1.79. The first kappa shape index (κ1) is 21.3. The van der Waals surface area contributed by atoms with Crippen LogP contribution in [0.25, 0.3) is 0 Å². The molecule has 1 aliphatic heterocycles. The van der Waals surface area contributed by atoms with E-state index in [1.807, 2.05) is 6.92 Å². The van der Waals surface area contributed by atoms with Crippen LogP contribution in [0.15, 0.2) is 4.99 Å². The van der Waals surface area contributed by atoms with Crippen molar-refractivity contribution < 1.29 is 19.1 Å². The zero-order chi connectivity index (χ0) is 18.7. The highest BCUT2D eigenvalue weighted by Crippen LogP contribution is 2.24. The van der Waals surface area contributed by atoms with Crippen LogP contribution in [0.3, 0.4) is 0 Å². The number of likely N-dealkylation sites (tertiary alicyclic amines) is 1. The smallest absolute Gasteiger partial charge is 0.310 e. The van der Waals surface area contributed by atoms with Crippen LogP contribution in [0.4, 0.5) is 0 Å². The summed E-state index contributed by atoms with van der Waals surface area (Å²) >= 11 is 0. The molecule has 0 amide bonds. The Kier molecular flexibility index (Phi) is 9.96. The lowest BCUT2D eigenvalue weighted by Gasteiger charge is -2.21. The number of esters is 2. The summed E-state index contributed by atoms with van der Waals surface area (Å²) in [5, 5.41) is 3.36. The number of ether oxygens (including phenoxy) is 2. The van der Waals surface area contributed by atoms with E-state index < -0.39 is 0 Å². The molecule has 0 aromatic carbocycles. The molecule has 1 saturated heterocycles. The van der Waals surface area contributed by atoms with Crippen LogP contribution >= 0.6 is 0 Å². The van der Waals surface area contributed by atoms with Crippen molar-refractivity contribution in [1.29, 1.82) is 0 Å².